The maximum absolute atomic E-state index is 12.9. The number of benzene rings is 1. The lowest BCUT2D eigenvalue weighted by Gasteiger charge is -2.34. The van der Waals surface area contributed by atoms with E-state index in [1.807, 2.05) is 0 Å². The number of halogens is 2. The smallest absolute Gasteiger partial charge is 0.254 e. The van der Waals surface area contributed by atoms with Gasteiger partial charge >= 0.3 is 0 Å². The van der Waals surface area contributed by atoms with Gasteiger partial charge in [0.05, 0.1) is 11.7 Å². The highest BCUT2D eigenvalue weighted by atomic mass is 79.9. The van der Waals surface area contributed by atoms with Crippen LogP contribution in [-0.4, -0.2) is 35.6 Å². The molecule has 0 saturated heterocycles. The quantitative estimate of drug-likeness (QED) is 0.930. The fourth-order valence-corrected chi connectivity index (χ4v) is 2.71. The van der Waals surface area contributed by atoms with Crippen LogP contribution in [0.5, 0.6) is 0 Å². The summed E-state index contributed by atoms with van der Waals surface area (Å²) in [6.07, 6.45) is 1.29. The number of aliphatic hydroxyl groups excluding tert-OH is 1. The van der Waals surface area contributed by atoms with E-state index in [2.05, 4.69) is 15.9 Å². The Balaban J connectivity index is 2.01. The van der Waals surface area contributed by atoms with E-state index < -0.39 is 0 Å². The molecule has 0 heterocycles. The van der Waals surface area contributed by atoms with Gasteiger partial charge in [-0.3, -0.25) is 4.79 Å². The van der Waals surface area contributed by atoms with Crippen LogP contribution in [0.2, 0.25) is 0 Å². The average molecular weight is 316 g/mol. The van der Waals surface area contributed by atoms with E-state index in [1.54, 1.807) is 11.9 Å². The van der Waals surface area contributed by atoms with Crippen LogP contribution in [0, 0.1) is 11.7 Å². The van der Waals surface area contributed by atoms with Crippen molar-refractivity contribution in [2.45, 2.75) is 18.9 Å². The highest BCUT2D eigenvalue weighted by molar-refractivity contribution is 9.10. The Kier molecular flexibility index (Phi) is 4.02. The Hall–Kier alpha value is -0.940. The van der Waals surface area contributed by atoms with E-state index in [9.17, 15) is 14.3 Å². The number of nitrogens with zero attached hydrogens (tertiary/aromatic N) is 1. The normalized spacial score (nSPS) is 22.4. The summed E-state index contributed by atoms with van der Waals surface area (Å²) >= 11 is 3.20. The molecule has 0 spiro atoms. The van der Waals surface area contributed by atoms with Crippen LogP contribution in [0.1, 0.15) is 23.2 Å². The lowest BCUT2D eigenvalue weighted by Crippen LogP contribution is -2.39. The highest BCUT2D eigenvalue weighted by Gasteiger charge is 2.29. The van der Waals surface area contributed by atoms with Crippen LogP contribution in [0.15, 0.2) is 22.7 Å². The maximum atomic E-state index is 12.9. The van der Waals surface area contributed by atoms with Gasteiger partial charge in [0.2, 0.25) is 0 Å². The first-order valence-electron chi connectivity index (χ1n) is 5.86. The Morgan fingerprint density at radius 1 is 1.56 bits per heavy atom. The summed E-state index contributed by atoms with van der Waals surface area (Å²) in [7, 11) is 1.73. The van der Waals surface area contributed by atoms with Gasteiger partial charge in [-0.15, -0.1) is 0 Å². The van der Waals surface area contributed by atoms with Crippen molar-refractivity contribution in [2.24, 2.45) is 5.92 Å². The summed E-state index contributed by atoms with van der Waals surface area (Å²) in [4.78, 5) is 13.8. The Labute approximate surface area is 114 Å². The minimum Gasteiger partial charge on any atom is -0.393 e. The van der Waals surface area contributed by atoms with Gasteiger partial charge in [-0.2, -0.15) is 0 Å². The molecule has 2 rings (SSSR count). The Morgan fingerprint density at radius 3 is 2.78 bits per heavy atom. The van der Waals surface area contributed by atoms with Gasteiger partial charge < -0.3 is 10.0 Å². The van der Waals surface area contributed by atoms with Crippen molar-refractivity contribution in [3.8, 4) is 0 Å². The molecule has 3 nitrogen and oxygen atoms in total. The maximum Gasteiger partial charge on any atom is 0.254 e. The van der Waals surface area contributed by atoms with Crippen molar-refractivity contribution in [3.63, 3.8) is 0 Å². The third-order valence-corrected chi connectivity index (χ3v) is 3.91. The first-order valence-corrected chi connectivity index (χ1v) is 6.65. The summed E-state index contributed by atoms with van der Waals surface area (Å²) in [5.41, 5.74) is 0.457. The van der Waals surface area contributed by atoms with Crippen LogP contribution in [0.4, 0.5) is 4.39 Å². The summed E-state index contributed by atoms with van der Waals surface area (Å²) in [6.45, 7) is 0.625. The van der Waals surface area contributed by atoms with Crippen LogP contribution in [0.25, 0.3) is 0 Å². The predicted octanol–water partition coefficient (Wildman–Crippen LogP) is 2.43. The van der Waals surface area contributed by atoms with Crippen molar-refractivity contribution in [3.05, 3.63) is 34.1 Å². The molecule has 98 valence electrons. The van der Waals surface area contributed by atoms with Gasteiger partial charge in [0.1, 0.15) is 5.82 Å². The molecule has 18 heavy (non-hydrogen) atoms. The van der Waals surface area contributed by atoms with E-state index in [1.165, 1.54) is 18.2 Å². The second kappa shape index (κ2) is 5.36. The minimum absolute atomic E-state index is 0.136. The zero-order chi connectivity index (χ0) is 13.3. The zero-order valence-corrected chi connectivity index (χ0v) is 11.7. The summed E-state index contributed by atoms with van der Waals surface area (Å²) in [5.74, 6) is -0.139. The molecule has 1 saturated carbocycles. The van der Waals surface area contributed by atoms with E-state index in [-0.39, 0.29) is 17.8 Å². The van der Waals surface area contributed by atoms with Crippen molar-refractivity contribution < 1.29 is 14.3 Å². The molecule has 0 unspecified atom stereocenters. The number of carbonyl (C=O) groups is 1. The van der Waals surface area contributed by atoms with Gasteiger partial charge in [0, 0.05) is 18.1 Å². The van der Waals surface area contributed by atoms with Crippen LogP contribution >= 0.6 is 15.9 Å². The molecule has 0 aromatic heterocycles. The van der Waals surface area contributed by atoms with Crippen LogP contribution in [0.3, 0.4) is 0 Å². The second-order valence-corrected chi connectivity index (χ2v) is 5.66. The van der Waals surface area contributed by atoms with E-state index >= 15 is 0 Å². The topological polar surface area (TPSA) is 40.5 Å². The fraction of sp³-hybridized carbons (Fsp3) is 0.462. The van der Waals surface area contributed by atoms with Crippen molar-refractivity contribution >= 4 is 21.8 Å². The molecule has 0 aliphatic heterocycles. The molecule has 0 radical (unpaired) electrons. The van der Waals surface area contributed by atoms with E-state index in [0.717, 1.165) is 12.8 Å². The van der Waals surface area contributed by atoms with Gasteiger partial charge in [0.25, 0.3) is 5.91 Å². The van der Waals surface area contributed by atoms with Gasteiger partial charge in [-0.25, -0.2) is 4.39 Å². The minimum atomic E-state index is -0.372. The number of hydrogen-bond acceptors (Lipinski definition) is 2. The van der Waals surface area contributed by atoms with E-state index in [0.29, 0.717) is 22.5 Å². The highest BCUT2D eigenvalue weighted by Crippen LogP contribution is 2.28. The molecule has 0 bridgehead atoms. The molecule has 1 aliphatic carbocycles. The van der Waals surface area contributed by atoms with E-state index in [4.69, 9.17) is 0 Å². The molecule has 1 amide bonds. The SMILES string of the molecule is CN(CC1CC(O)C1)C(=O)c1ccc(F)cc1Br. The molecule has 1 aromatic rings. The van der Waals surface area contributed by atoms with Gasteiger partial charge in [-0.1, -0.05) is 0 Å². The predicted molar refractivity (Wildman–Crippen MR) is 69.8 cm³/mol. The third kappa shape index (κ3) is 2.90. The van der Waals surface area contributed by atoms with Crippen molar-refractivity contribution in [1.29, 1.82) is 0 Å². The number of hydrogen-bond donors (Lipinski definition) is 1. The number of carbonyl (C=O) groups excluding carboxylic acids is 1. The molecular formula is C13H15BrFNO2. The van der Waals surface area contributed by atoms with Gasteiger partial charge in [0.15, 0.2) is 0 Å². The van der Waals surface area contributed by atoms with Crippen LogP contribution in [-0.2, 0) is 0 Å². The van der Waals surface area contributed by atoms with Crippen molar-refractivity contribution in [1.82, 2.24) is 4.90 Å². The zero-order valence-electron chi connectivity index (χ0n) is 10.1. The number of aliphatic hydroxyl groups is 1. The van der Waals surface area contributed by atoms with Crippen LogP contribution < -0.4 is 0 Å². The molecule has 1 fully saturated rings. The second-order valence-electron chi connectivity index (χ2n) is 4.80. The lowest BCUT2D eigenvalue weighted by atomic mass is 9.82. The first kappa shape index (κ1) is 13.5. The number of amides is 1. The monoisotopic (exact) mass is 315 g/mol. The average Bonchev–Trinajstić information content (AvgIpc) is 2.26. The molecule has 1 aliphatic rings. The summed E-state index contributed by atoms with van der Waals surface area (Å²) < 4.78 is 13.4. The lowest BCUT2D eigenvalue weighted by molar-refractivity contribution is 0.0265. The Morgan fingerprint density at radius 2 is 2.22 bits per heavy atom. The molecule has 5 heteroatoms. The van der Waals surface area contributed by atoms with Gasteiger partial charge in [-0.05, 0) is 52.9 Å². The molecule has 1 aromatic carbocycles. The standard InChI is InChI=1S/C13H15BrFNO2/c1-16(7-8-4-10(17)5-8)13(18)11-3-2-9(15)6-12(11)14/h2-3,6,8,10,17H,4-5,7H2,1H3. The Bertz CT molecular complexity index is 460. The molecule has 0 atom stereocenters. The third-order valence-electron chi connectivity index (χ3n) is 3.25. The fourth-order valence-electron chi connectivity index (χ4n) is 2.19. The largest absolute Gasteiger partial charge is 0.393 e. The van der Waals surface area contributed by atoms with Crippen molar-refractivity contribution in [2.75, 3.05) is 13.6 Å². The summed E-state index contributed by atoms with van der Waals surface area (Å²) in [5, 5.41) is 9.21. The number of rotatable bonds is 3. The molecular weight excluding hydrogens is 301 g/mol. The molecule has 1 N–H and O–H groups in total. The first-order chi connectivity index (χ1) is 8.47. The summed E-state index contributed by atoms with van der Waals surface area (Å²) in [6, 6.07) is 4.04.